The summed E-state index contributed by atoms with van der Waals surface area (Å²) in [5, 5.41) is 0. The van der Waals surface area contributed by atoms with Crippen LogP contribution in [0.25, 0.3) is 0 Å². The topological polar surface area (TPSA) is 18.5 Å². The van der Waals surface area contributed by atoms with E-state index in [0.717, 1.165) is 0 Å². The van der Waals surface area contributed by atoms with Crippen LogP contribution in [-0.4, -0.2) is 44.9 Å². The van der Waals surface area contributed by atoms with Crippen LogP contribution in [0.5, 0.6) is 0 Å². The third-order valence-corrected chi connectivity index (χ3v) is 5.90. The minimum atomic E-state index is -0.795. The summed E-state index contributed by atoms with van der Waals surface area (Å²) in [5.74, 6) is 8.66. The van der Waals surface area contributed by atoms with Gasteiger partial charge < -0.3 is 5.68 Å². The maximum absolute atomic E-state index is 5.39. The van der Waals surface area contributed by atoms with E-state index < -0.39 is 29.0 Å². The fraction of sp³-hybridized carbons (Fsp3) is 1.00. The van der Waals surface area contributed by atoms with E-state index >= 15 is 0 Å². The van der Waals surface area contributed by atoms with Crippen molar-refractivity contribution in [2.24, 2.45) is 0 Å². The third kappa shape index (κ3) is 9.52. The van der Waals surface area contributed by atoms with Gasteiger partial charge in [0.2, 0.25) is 0 Å². The Labute approximate surface area is 73.4 Å². The van der Waals surface area contributed by atoms with Crippen molar-refractivity contribution in [2.45, 2.75) is 23.1 Å². The monoisotopic (exact) mass is 173 g/mol. The molecule has 0 amide bonds. The first-order chi connectivity index (χ1) is 4.13. The molecule has 0 saturated carbocycles. The summed E-state index contributed by atoms with van der Waals surface area (Å²) < 4.78 is 10.8. The molecule has 2 nitrogen and oxygen atoms in total. The molecule has 0 aromatic carbocycles. The first-order valence-electron chi connectivity index (χ1n) is 3.25. The quantitative estimate of drug-likeness (QED) is 0.591. The van der Waals surface area contributed by atoms with Gasteiger partial charge in [0, 0.05) is 0 Å². The predicted molar refractivity (Wildman–Crippen MR) is 42.9 cm³/mol. The van der Waals surface area contributed by atoms with Gasteiger partial charge >= 0.3 is 44.9 Å². The van der Waals surface area contributed by atoms with Crippen LogP contribution in [0.3, 0.4) is 0 Å². The molecule has 0 saturated heterocycles. The molecule has 0 heterocycles. The van der Waals surface area contributed by atoms with Gasteiger partial charge in [0.05, 0.1) is 0 Å². The molecule has 0 rings (SSSR count). The maximum Gasteiger partial charge on any atom is 0.603 e. The van der Waals surface area contributed by atoms with Crippen molar-refractivity contribution in [1.29, 1.82) is 0 Å². The molecular weight excluding hydrogens is 161 g/mol. The first-order valence-corrected chi connectivity index (χ1v) is 9.76. The molecule has 0 aliphatic rings. The molecular formula is C4H12Al3O2. The summed E-state index contributed by atoms with van der Waals surface area (Å²) in [5.41, 5.74) is 0. The van der Waals surface area contributed by atoms with E-state index in [-0.39, 0.29) is 15.9 Å². The molecule has 0 atom stereocenters. The highest BCUT2D eigenvalue weighted by molar-refractivity contribution is 6.59. The van der Waals surface area contributed by atoms with Gasteiger partial charge in [-0.15, -0.1) is 0 Å². The molecule has 5 heteroatoms. The highest BCUT2D eigenvalue weighted by atomic mass is 27.3. The van der Waals surface area contributed by atoms with E-state index in [0.29, 0.717) is 0 Å². The van der Waals surface area contributed by atoms with E-state index in [1.54, 1.807) is 0 Å². The average Bonchev–Trinajstić information content (AvgIpc) is 1.63. The lowest BCUT2D eigenvalue weighted by molar-refractivity contribution is 0.479. The van der Waals surface area contributed by atoms with Crippen LogP contribution < -0.4 is 0 Å². The lowest BCUT2D eigenvalue weighted by atomic mass is 11.9. The van der Waals surface area contributed by atoms with Crippen molar-refractivity contribution < 1.29 is 5.68 Å². The minimum absolute atomic E-state index is 0.122. The van der Waals surface area contributed by atoms with Gasteiger partial charge in [-0.05, 0) is 0 Å². The molecule has 0 N–H and O–H groups in total. The van der Waals surface area contributed by atoms with Crippen LogP contribution >= 0.6 is 0 Å². The van der Waals surface area contributed by atoms with Gasteiger partial charge in [0.25, 0.3) is 0 Å². The van der Waals surface area contributed by atoms with Crippen molar-refractivity contribution >= 4 is 44.9 Å². The average molecular weight is 173 g/mol. The zero-order valence-electron chi connectivity index (χ0n) is 6.55. The zero-order chi connectivity index (χ0) is 7.28. The summed E-state index contributed by atoms with van der Waals surface area (Å²) >= 11 is -1.71. The molecule has 0 aliphatic carbocycles. The molecule has 0 fully saturated rings. The fourth-order valence-corrected chi connectivity index (χ4v) is 2.87. The number of rotatable bonds is 4. The Morgan fingerprint density at radius 3 is 1.44 bits per heavy atom. The lowest BCUT2D eigenvalue weighted by Crippen LogP contribution is -2.19. The van der Waals surface area contributed by atoms with E-state index in [1.807, 2.05) is 0 Å². The maximum atomic E-state index is 5.39. The van der Waals surface area contributed by atoms with E-state index in [2.05, 4.69) is 23.1 Å². The van der Waals surface area contributed by atoms with Crippen LogP contribution in [0.15, 0.2) is 0 Å². The van der Waals surface area contributed by atoms with Crippen LogP contribution in [0.2, 0.25) is 23.1 Å². The lowest BCUT2D eigenvalue weighted by Gasteiger charge is -2.05. The van der Waals surface area contributed by atoms with Crippen molar-refractivity contribution in [2.75, 3.05) is 0 Å². The third-order valence-electron chi connectivity index (χ3n) is 0.655. The second kappa shape index (κ2) is 6.24. The second-order valence-electron chi connectivity index (χ2n) is 2.47. The molecule has 0 unspecified atom stereocenters. The van der Waals surface area contributed by atoms with E-state index in [4.69, 9.17) is 5.68 Å². The molecule has 0 aromatic rings. The molecule has 0 spiro atoms. The van der Waals surface area contributed by atoms with Gasteiger partial charge in [0.15, 0.2) is 0 Å². The Kier molecular flexibility index (Phi) is 7.29. The van der Waals surface area contributed by atoms with Crippen molar-refractivity contribution in [3.05, 3.63) is 0 Å². The Hall–Kier alpha value is 1.52. The number of hydrogen-bond acceptors (Lipinski definition) is 2. The van der Waals surface area contributed by atoms with Gasteiger partial charge in [-0.1, -0.05) is 23.1 Å². The summed E-state index contributed by atoms with van der Waals surface area (Å²) in [6.45, 7) is 0. The molecule has 0 aliphatic heterocycles. The molecule has 1 radical (unpaired) electrons. The first kappa shape index (κ1) is 10.5. The predicted octanol–water partition coefficient (Wildman–Crippen LogP) is 1.06. The summed E-state index contributed by atoms with van der Waals surface area (Å²) in [4.78, 5) is 0. The van der Waals surface area contributed by atoms with Crippen LogP contribution in [-0.2, 0) is 5.68 Å². The van der Waals surface area contributed by atoms with Gasteiger partial charge in [0.1, 0.15) is 0 Å². The second-order valence-corrected chi connectivity index (χ2v) is 9.03. The van der Waals surface area contributed by atoms with Crippen LogP contribution in [0, 0.1) is 0 Å². The normalized spacial score (nSPS) is 8.89. The zero-order valence-corrected chi connectivity index (χ0v) is 10.0. The smallest absolute Gasteiger partial charge is 0.603 e. The summed E-state index contributed by atoms with van der Waals surface area (Å²) in [6, 6.07) is 0. The van der Waals surface area contributed by atoms with Gasteiger partial charge in [-0.2, -0.15) is 0 Å². The van der Waals surface area contributed by atoms with Crippen LogP contribution in [0.4, 0.5) is 0 Å². The summed E-state index contributed by atoms with van der Waals surface area (Å²) in [7, 11) is 0. The van der Waals surface area contributed by atoms with Crippen molar-refractivity contribution in [1.82, 2.24) is 0 Å². The van der Waals surface area contributed by atoms with Crippen molar-refractivity contribution in [3.8, 4) is 0 Å². The van der Waals surface area contributed by atoms with Crippen molar-refractivity contribution in [3.63, 3.8) is 0 Å². The number of hydrogen-bond donors (Lipinski definition) is 0. The Bertz CT molecular complexity index is 58.8. The fourth-order valence-electron chi connectivity index (χ4n) is 0.254. The molecule has 0 bridgehead atoms. The SMILES string of the molecule is [CH3][Al]([CH3])[O][Al][O][Al]([CH3])[CH3]. The summed E-state index contributed by atoms with van der Waals surface area (Å²) in [6.07, 6.45) is 0. The molecule has 0 aromatic heterocycles. The largest absolute Gasteiger partial charge is 0.621 e. The van der Waals surface area contributed by atoms with Gasteiger partial charge in [-0.25, -0.2) is 0 Å². The Balaban J connectivity index is 2.91. The van der Waals surface area contributed by atoms with E-state index in [1.165, 1.54) is 0 Å². The highest BCUT2D eigenvalue weighted by Gasteiger charge is 2.09. The minimum Gasteiger partial charge on any atom is -0.621 e. The Morgan fingerprint density at radius 2 is 1.22 bits per heavy atom. The van der Waals surface area contributed by atoms with Crippen LogP contribution in [0.1, 0.15) is 0 Å². The Morgan fingerprint density at radius 1 is 0.889 bits per heavy atom. The molecule has 49 valence electrons. The molecule has 9 heavy (non-hydrogen) atoms. The standard InChI is InChI=1S/4CH3.3Al.2O/h4*1H3;;;;;. The van der Waals surface area contributed by atoms with E-state index in [9.17, 15) is 0 Å². The highest BCUT2D eigenvalue weighted by Crippen LogP contribution is 1.85. The van der Waals surface area contributed by atoms with Gasteiger partial charge in [-0.3, -0.25) is 0 Å².